The number of likely N-dealkylation sites (tertiary alicyclic amines) is 2. The number of carboxylic acid groups (broad SMARTS) is 1. The molecule has 66 heavy (non-hydrogen) atoms. The van der Waals surface area contributed by atoms with Gasteiger partial charge in [-0.3, -0.25) is 9.59 Å². The third-order valence-corrected chi connectivity index (χ3v) is 12.7. The first-order valence-electron chi connectivity index (χ1n) is 22.6. The van der Waals surface area contributed by atoms with Gasteiger partial charge in [0.1, 0.15) is 36.1 Å². The van der Waals surface area contributed by atoms with Crippen LogP contribution < -0.4 is 15.4 Å². The molecule has 0 unspecified atom stereocenters. The second-order valence-electron chi connectivity index (χ2n) is 18.5. The number of fused-ring (bicyclic) bond motifs is 6. The minimum Gasteiger partial charge on any atom is -0.488 e. The van der Waals surface area contributed by atoms with Gasteiger partial charge in [-0.1, -0.05) is 52.8 Å². The van der Waals surface area contributed by atoms with Crippen LogP contribution in [-0.2, 0) is 30.4 Å². The number of aromatic nitrogens is 4. The van der Waals surface area contributed by atoms with Crippen molar-refractivity contribution in [2.75, 3.05) is 34.5 Å². The van der Waals surface area contributed by atoms with Crippen LogP contribution in [0.25, 0.3) is 44.2 Å². The van der Waals surface area contributed by atoms with E-state index in [1.165, 1.54) is 20.1 Å². The normalized spacial score (nSPS) is 20.3. The molecule has 5 heterocycles. The summed E-state index contributed by atoms with van der Waals surface area (Å²) in [5.41, 5.74) is 6.34. The summed E-state index contributed by atoms with van der Waals surface area (Å²) in [6.07, 6.45) is 1.32. The summed E-state index contributed by atoms with van der Waals surface area (Å²) in [6, 6.07) is 11.8. The van der Waals surface area contributed by atoms with E-state index in [2.05, 4.69) is 59.6 Å². The summed E-state index contributed by atoms with van der Waals surface area (Å²) in [5.74, 6) is 2.75. The number of hydrogen-bond acceptors (Lipinski definition) is 10. The fourth-order valence-corrected chi connectivity index (χ4v) is 9.38. The summed E-state index contributed by atoms with van der Waals surface area (Å²) < 4.78 is 22.2. The number of imidazole rings is 2. The summed E-state index contributed by atoms with van der Waals surface area (Å²) in [7, 11) is 4.38. The molecule has 3 aliphatic heterocycles. The SMILES string of the molecule is COC[C@H]1C[C@@H](c2ncc(-c3ccc4c(c3)COc3cc5c(ccc6nc([C@@H]7CC[C@H](C)N7C(=O)[C@@H](NC(=O)O)C(C)C)[nH]c65)cc3-4)[nH]2)N(C(=O)[C@@H](NC(=O)OC)[C@H](C)OC)C1.C[C](C)C. The molecule has 1 radical (unpaired) electrons. The zero-order chi connectivity index (χ0) is 47.6. The molecule has 5 aromatic rings. The zero-order valence-electron chi connectivity index (χ0n) is 39.5. The maximum atomic E-state index is 14.0. The van der Waals surface area contributed by atoms with Crippen LogP contribution in [0.1, 0.15) is 97.0 Å². The molecule has 17 nitrogen and oxygen atoms in total. The van der Waals surface area contributed by atoms with Crippen LogP contribution in [0.4, 0.5) is 9.59 Å². The van der Waals surface area contributed by atoms with Crippen molar-refractivity contribution in [3.05, 3.63) is 71.8 Å². The molecule has 2 fully saturated rings. The number of nitrogens with one attached hydrogen (secondary N) is 4. The number of alkyl carbamates (subject to hydrolysis) is 1. The number of hydrogen-bond donors (Lipinski definition) is 5. The molecule has 0 spiro atoms. The van der Waals surface area contributed by atoms with Gasteiger partial charge in [0.2, 0.25) is 11.8 Å². The fourth-order valence-electron chi connectivity index (χ4n) is 9.38. The van der Waals surface area contributed by atoms with Crippen LogP contribution in [0, 0.1) is 17.8 Å². The number of amides is 4. The number of H-pyrrole nitrogens is 2. The molecule has 7 atom stereocenters. The third-order valence-electron chi connectivity index (χ3n) is 12.7. The number of ether oxygens (including phenoxy) is 4. The van der Waals surface area contributed by atoms with E-state index < -0.39 is 30.4 Å². The molecule has 353 valence electrons. The molecule has 5 N–H and O–H groups in total. The molecule has 4 amide bonds. The van der Waals surface area contributed by atoms with Gasteiger partial charge in [-0.15, -0.1) is 0 Å². The third kappa shape index (κ3) is 9.82. The Morgan fingerprint density at radius 2 is 1.67 bits per heavy atom. The minimum atomic E-state index is -1.23. The fraction of sp³-hybridized carbons (Fsp3) is 0.490. The molecule has 3 aliphatic rings. The number of nitrogens with zero attached hydrogens (tertiary/aromatic N) is 4. The van der Waals surface area contributed by atoms with Crippen LogP contribution in [0.5, 0.6) is 5.75 Å². The number of carbonyl (C=O) groups is 4. The van der Waals surface area contributed by atoms with Gasteiger partial charge in [-0.2, -0.15) is 0 Å². The van der Waals surface area contributed by atoms with Gasteiger partial charge in [-0.25, -0.2) is 19.6 Å². The quantitative estimate of drug-likeness (QED) is 0.0811. The van der Waals surface area contributed by atoms with E-state index >= 15 is 0 Å². The number of methoxy groups -OCH3 is 3. The molecule has 8 rings (SSSR count). The lowest BCUT2D eigenvalue weighted by Gasteiger charge is -2.32. The van der Waals surface area contributed by atoms with Gasteiger partial charge in [0, 0.05) is 43.7 Å². The van der Waals surface area contributed by atoms with Gasteiger partial charge < -0.3 is 54.5 Å². The largest absolute Gasteiger partial charge is 0.488 e. The topological polar surface area (TPSA) is 213 Å². The van der Waals surface area contributed by atoms with Gasteiger partial charge in [-0.05, 0) is 91.3 Å². The predicted molar refractivity (Wildman–Crippen MR) is 250 cm³/mol. The van der Waals surface area contributed by atoms with Crippen molar-refractivity contribution in [2.24, 2.45) is 11.8 Å². The molecule has 17 heteroatoms. The maximum Gasteiger partial charge on any atom is 0.407 e. The predicted octanol–water partition coefficient (Wildman–Crippen LogP) is 7.93. The lowest BCUT2D eigenvalue weighted by atomic mass is 9.92. The maximum absolute atomic E-state index is 14.0. The lowest BCUT2D eigenvalue weighted by Crippen LogP contribution is -2.54. The van der Waals surface area contributed by atoms with Crippen LogP contribution in [0.2, 0.25) is 0 Å². The average Bonchev–Trinajstić information content (AvgIpc) is 4.11. The molecule has 0 aliphatic carbocycles. The van der Waals surface area contributed by atoms with Crippen LogP contribution in [0.3, 0.4) is 0 Å². The van der Waals surface area contributed by atoms with Crippen molar-refractivity contribution in [3.8, 4) is 28.1 Å². The van der Waals surface area contributed by atoms with E-state index in [1.807, 2.05) is 45.0 Å². The number of carbonyl (C=O) groups excluding carboxylic acids is 3. The van der Waals surface area contributed by atoms with Gasteiger partial charge in [0.05, 0.1) is 54.8 Å². The first-order valence-corrected chi connectivity index (χ1v) is 22.6. The zero-order valence-corrected chi connectivity index (χ0v) is 39.5. The van der Waals surface area contributed by atoms with Crippen LogP contribution >= 0.6 is 0 Å². The Balaban J connectivity index is 0.00000156. The second kappa shape index (κ2) is 20.1. The molecule has 0 bridgehead atoms. The summed E-state index contributed by atoms with van der Waals surface area (Å²) >= 11 is 0. The van der Waals surface area contributed by atoms with Crippen molar-refractivity contribution < 1.29 is 43.2 Å². The number of aromatic amines is 2. The van der Waals surface area contributed by atoms with E-state index in [0.29, 0.717) is 44.2 Å². The standard InChI is InChI=1S/C45H54N8O9.C4H9/c1-22(2)37(50-44(56)57)43(55)53-23(3)8-13-34(53)41-47-32-12-10-26-16-31-29-11-9-27(15-28(29)21-62-36(31)17-30(26)39(32)49-41)33-18-46-40(48-33)35-14-25(20-59-5)19-52(35)42(54)38(24(4)60-6)51-45(58)61-7;1-4(2)3/h9-12,15-18,22-25,34-35,37-38,50H,8,13-14,19-21H2,1-7H3,(H,46,48)(H,47,49)(H,51,58)(H,56,57);1-3H3/t23-,24-,25-,34-,35-,37-,38-;/m0./s1. The van der Waals surface area contributed by atoms with Crippen molar-refractivity contribution in [2.45, 2.75) is 111 Å². The van der Waals surface area contributed by atoms with Gasteiger partial charge in [0.15, 0.2) is 0 Å². The highest BCUT2D eigenvalue weighted by Crippen LogP contribution is 2.44. The lowest BCUT2D eigenvalue weighted by molar-refractivity contribution is -0.138. The monoisotopic (exact) mass is 907 g/mol. The molecule has 2 saturated heterocycles. The Bertz CT molecular complexity index is 2570. The van der Waals surface area contributed by atoms with Crippen molar-refractivity contribution in [1.82, 2.24) is 40.4 Å². The van der Waals surface area contributed by atoms with Crippen LogP contribution in [0.15, 0.2) is 48.7 Å². The molecule has 0 saturated carbocycles. The number of rotatable bonds is 12. The Labute approximate surface area is 385 Å². The van der Waals surface area contributed by atoms with Gasteiger partial charge in [0.25, 0.3) is 0 Å². The Morgan fingerprint density at radius 1 is 0.909 bits per heavy atom. The van der Waals surface area contributed by atoms with E-state index in [4.69, 9.17) is 28.9 Å². The Morgan fingerprint density at radius 3 is 2.35 bits per heavy atom. The Kier molecular flexibility index (Phi) is 14.6. The number of benzene rings is 3. The van der Waals surface area contributed by atoms with E-state index in [0.717, 1.165) is 61.9 Å². The summed E-state index contributed by atoms with van der Waals surface area (Å²) in [4.78, 5) is 71.9. The molecule has 2 aromatic heterocycles. The highest BCUT2D eigenvalue weighted by Gasteiger charge is 2.43. The highest BCUT2D eigenvalue weighted by atomic mass is 16.5. The van der Waals surface area contributed by atoms with Crippen molar-refractivity contribution >= 4 is 45.8 Å². The summed E-state index contributed by atoms with van der Waals surface area (Å²) in [6.45, 7) is 14.9. The van der Waals surface area contributed by atoms with Gasteiger partial charge >= 0.3 is 12.2 Å². The average molecular weight is 908 g/mol. The minimum absolute atomic E-state index is 0.0621. The first kappa shape index (κ1) is 47.8. The van der Waals surface area contributed by atoms with E-state index in [-0.39, 0.29) is 41.8 Å². The van der Waals surface area contributed by atoms with Crippen molar-refractivity contribution in [1.29, 1.82) is 0 Å². The van der Waals surface area contributed by atoms with Crippen LogP contribution in [-0.4, -0.2) is 118 Å². The highest BCUT2D eigenvalue weighted by molar-refractivity contribution is 6.07. The molecular formula is C49H63N8O9. The van der Waals surface area contributed by atoms with Crippen molar-refractivity contribution in [3.63, 3.8) is 0 Å². The Hall–Kier alpha value is -6.20. The van der Waals surface area contributed by atoms with E-state index in [9.17, 15) is 24.3 Å². The summed E-state index contributed by atoms with van der Waals surface area (Å²) in [5, 5.41) is 16.5. The van der Waals surface area contributed by atoms with E-state index in [1.54, 1.807) is 30.0 Å². The second-order valence-corrected chi connectivity index (χ2v) is 18.5. The molecular weight excluding hydrogens is 845 g/mol. The first-order chi connectivity index (χ1) is 31.5. The molecule has 3 aromatic carbocycles. The smallest absolute Gasteiger partial charge is 0.407 e.